The van der Waals surface area contributed by atoms with Gasteiger partial charge in [-0.3, -0.25) is 9.62 Å². The average Bonchev–Trinajstić information content (AvgIpc) is 3.13. The smallest absolute Gasteiger partial charge is 0.264 e. The number of fused-ring (bicyclic) bond motifs is 1. The first kappa shape index (κ1) is 20.1. The van der Waals surface area contributed by atoms with Gasteiger partial charge in [-0.15, -0.1) is 11.3 Å². The summed E-state index contributed by atoms with van der Waals surface area (Å²) in [6, 6.07) is 11.0. The lowest BCUT2D eigenvalue weighted by Gasteiger charge is -2.25. The van der Waals surface area contributed by atoms with Crippen molar-refractivity contribution in [1.82, 2.24) is 9.88 Å². The van der Waals surface area contributed by atoms with Crippen molar-refractivity contribution in [2.45, 2.75) is 11.4 Å². The number of thiazole rings is 1. The second-order valence-electron chi connectivity index (χ2n) is 7.16. The first-order valence-electron chi connectivity index (χ1n) is 9.40. The van der Waals surface area contributed by atoms with E-state index >= 15 is 0 Å². The molecule has 29 heavy (non-hydrogen) atoms. The normalized spacial score (nSPS) is 15.5. The molecule has 1 saturated heterocycles. The maximum atomic E-state index is 13.1. The minimum absolute atomic E-state index is 0.253. The lowest BCUT2D eigenvalue weighted by atomic mass is 10.1. The van der Waals surface area contributed by atoms with Gasteiger partial charge >= 0.3 is 0 Å². The van der Waals surface area contributed by atoms with Gasteiger partial charge in [0.25, 0.3) is 10.0 Å². The standard InChI is InChI=1S/C20H24N4O3S2/c1-23(2)18-7-3-6-17-16(18)5-4-8-19(17)29(25,26)22-20-21-15(14-28-20)13-24-9-11-27-12-10-24/h3-8,14H,9-13H2,1-2H3,(H,21,22). The Bertz CT molecular complexity index is 1110. The van der Waals surface area contributed by atoms with Gasteiger partial charge in [0, 0.05) is 55.6 Å². The predicted octanol–water partition coefficient (Wildman–Crippen LogP) is 3.00. The van der Waals surface area contributed by atoms with Crippen molar-refractivity contribution in [3.05, 3.63) is 47.5 Å². The minimum atomic E-state index is -3.76. The van der Waals surface area contributed by atoms with Crippen LogP contribution in [0.4, 0.5) is 10.8 Å². The summed E-state index contributed by atoms with van der Waals surface area (Å²) in [5.41, 5.74) is 1.84. The van der Waals surface area contributed by atoms with Crippen LogP contribution in [-0.2, 0) is 21.3 Å². The van der Waals surface area contributed by atoms with Crippen molar-refractivity contribution in [1.29, 1.82) is 0 Å². The Morgan fingerprint density at radius 3 is 2.62 bits per heavy atom. The van der Waals surface area contributed by atoms with Gasteiger partial charge in [0.15, 0.2) is 5.13 Å². The van der Waals surface area contributed by atoms with Crippen LogP contribution in [0.1, 0.15) is 5.69 Å². The molecule has 9 heteroatoms. The molecule has 154 valence electrons. The Morgan fingerprint density at radius 2 is 1.86 bits per heavy atom. The van der Waals surface area contributed by atoms with Gasteiger partial charge in [-0.2, -0.15) is 0 Å². The third-order valence-corrected chi connectivity index (χ3v) is 7.23. The van der Waals surface area contributed by atoms with E-state index in [4.69, 9.17) is 4.74 Å². The van der Waals surface area contributed by atoms with Gasteiger partial charge in [-0.25, -0.2) is 13.4 Å². The quantitative estimate of drug-likeness (QED) is 0.646. The molecule has 2 heterocycles. The van der Waals surface area contributed by atoms with E-state index in [0.717, 1.165) is 43.1 Å². The van der Waals surface area contributed by atoms with E-state index in [1.165, 1.54) is 11.3 Å². The maximum Gasteiger partial charge on any atom is 0.264 e. The number of hydrogen-bond donors (Lipinski definition) is 1. The molecule has 2 aromatic carbocycles. The van der Waals surface area contributed by atoms with E-state index in [1.807, 2.05) is 48.6 Å². The molecule has 1 aliphatic heterocycles. The third-order valence-electron chi connectivity index (χ3n) is 4.89. The number of nitrogens with zero attached hydrogens (tertiary/aromatic N) is 3. The topological polar surface area (TPSA) is 74.8 Å². The van der Waals surface area contributed by atoms with Crippen LogP contribution in [-0.4, -0.2) is 58.7 Å². The zero-order valence-electron chi connectivity index (χ0n) is 16.5. The monoisotopic (exact) mass is 432 g/mol. The highest BCUT2D eigenvalue weighted by molar-refractivity contribution is 7.93. The van der Waals surface area contributed by atoms with Crippen LogP contribution in [0.15, 0.2) is 46.7 Å². The Labute approximate surface area is 175 Å². The van der Waals surface area contributed by atoms with Gasteiger partial charge in [-0.05, 0) is 12.1 Å². The van der Waals surface area contributed by atoms with E-state index in [9.17, 15) is 8.42 Å². The van der Waals surface area contributed by atoms with E-state index in [2.05, 4.69) is 14.6 Å². The molecular weight excluding hydrogens is 408 g/mol. The minimum Gasteiger partial charge on any atom is -0.379 e. The summed E-state index contributed by atoms with van der Waals surface area (Å²) in [5.74, 6) is 0. The molecule has 0 aliphatic carbocycles. The van der Waals surface area contributed by atoms with Crippen LogP contribution in [0.25, 0.3) is 10.8 Å². The highest BCUT2D eigenvalue weighted by Gasteiger charge is 2.20. The maximum absolute atomic E-state index is 13.1. The molecule has 0 spiro atoms. The molecule has 0 amide bonds. The zero-order valence-corrected chi connectivity index (χ0v) is 18.1. The summed E-state index contributed by atoms with van der Waals surface area (Å²) >= 11 is 1.31. The van der Waals surface area contributed by atoms with Gasteiger partial charge in [-0.1, -0.05) is 24.3 Å². The number of hydrogen-bond acceptors (Lipinski definition) is 7. The highest BCUT2D eigenvalue weighted by Crippen LogP contribution is 2.31. The van der Waals surface area contributed by atoms with Crippen LogP contribution in [0.5, 0.6) is 0 Å². The molecule has 0 saturated carbocycles. The molecule has 1 N–H and O–H groups in total. The Hall–Kier alpha value is -2.20. The van der Waals surface area contributed by atoms with Gasteiger partial charge < -0.3 is 9.64 Å². The number of rotatable bonds is 6. The van der Waals surface area contributed by atoms with E-state index in [1.54, 1.807) is 12.1 Å². The van der Waals surface area contributed by atoms with Crippen molar-refractivity contribution in [3.8, 4) is 0 Å². The summed E-state index contributed by atoms with van der Waals surface area (Å²) in [5, 5.41) is 3.87. The SMILES string of the molecule is CN(C)c1cccc2c(S(=O)(=O)Nc3nc(CN4CCOCC4)cs3)cccc12. The molecule has 3 aromatic rings. The first-order chi connectivity index (χ1) is 13.9. The average molecular weight is 433 g/mol. The number of morpholine rings is 1. The summed E-state index contributed by atoms with van der Waals surface area (Å²) in [7, 11) is 0.132. The number of ether oxygens (including phenoxy) is 1. The molecule has 1 aliphatic rings. The number of anilines is 2. The highest BCUT2D eigenvalue weighted by atomic mass is 32.2. The van der Waals surface area contributed by atoms with Gasteiger partial charge in [0.1, 0.15) is 0 Å². The van der Waals surface area contributed by atoms with E-state index in [0.29, 0.717) is 17.1 Å². The fourth-order valence-corrected chi connectivity index (χ4v) is 5.65. The van der Waals surface area contributed by atoms with Crippen LogP contribution in [0.3, 0.4) is 0 Å². The van der Waals surface area contributed by atoms with E-state index in [-0.39, 0.29) is 4.90 Å². The number of aromatic nitrogens is 1. The summed E-state index contributed by atoms with van der Waals surface area (Å²) in [6.45, 7) is 3.87. The molecule has 4 rings (SSSR count). The Kier molecular flexibility index (Phi) is 5.73. The lowest BCUT2D eigenvalue weighted by Crippen LogP contribution is -2.35. The fourth-order valence-electron chi connectivity index (χ4n) is 3.47. The predicted molar refractivity (Wildman–Crippen MR) is 117 cm³/mol. The number of sulfonamides is 1. The van der Waals surface area contributed by atoms with Crippen molar-refractivity contribution >= 4 is 43.0 Å². The fraction of sp³-hybridized carbons (Fsp3) is 0.350. The molecule has 7 nitrogen and oxygen atoms in total. The van der Waals surface area contributed by atoms with Crippen molar-refractivity contribution in [3.63, 3.8) is 0 Å². The molecule has 1 fully saturated rings. The first-order valence-corrected chi connectivity index (χ1v) is 11.8. The van der Waals surface area contributed by atoms with Crippen LogP contribution in [0, 0.1) is 0 Å². The molecule has 1 aromatic heterocycles. The molecule has 0 unspecified atom stereocenters. The molecule has 0 bridgehead atoms. The largest absolute Gasteiger partial charge is 0.379 e. The van der Waals surface area contributed by atoms with Crippen LogP contribution >= 0.6 is 11.3 Å². The van der Waals surface area contributed by atoms with Gasteiger partial charge in [0.05, 0.1) is 23.8 Å². The van der Waals surface area contributed by atoms with Crippen molar-refractivity contribution < 1.29 is 13.2 Å². The molecule has 0 radical (unpaired) electrons. The number of nitrogens with one attached hydrogen (secondary N) is 1. The Balaban J connectivity index is 1.59. The summed E-state index contributed by atoms with van der Waals surface area (Å²) in [6.07, 6.45) is 0. The van der Waals surface area contributed by atoms with Gasteiger partial charge in [0.2, 0.25) is 0 Å². The lowest BCUT2D eigenvalue weighted by molar-refractivity contribution is 0.0337. The zero-order chi connectivity index (χ0) is 20.4. The third kappa shape index (κ3) is 4.37. The Morgan fingerprint density at radius 1 is 1.14 bits per heavy atom. The summed E-state index contributed by atoms with van der Waals surface area (Å²) in [4.78, 5) is 8.96. The second-order valence-corrected chi connectivity index (χ2v) is 9.67. The van der Waals surface area contributed by atoms with Crippen LogP contribution < -0.4 is 9.62 Å². The second kappa shape index (κ2) is 8.27. The summed E-state index contributed by atoms with van der Waals surface area (Å²) < 4.78 is 34.2. The van der Waals surface area contributed by atoms with Crippen molar-refractivity contribution in [2.24, 2.45) is 0 Å². The molecular formula is C20H24N4O3S2. The van der Waals surface area contributed by atoms with Crippen LogP contribution in [0.2, 0.25) is 0 Å². The number of benzene rings is 2. The van der Waals surface area contributed by atoms with E-state index < -0.39 is 10.0 Å². The van der Waals surface area contributed by atoms with Crippen molar-refractivity contribution in [2.75, 3.05) is 50.0 Å². The molecule has 0 atom stereocenters.